The lowest BCUT2D eigenvalue weighted by atomic mass is 9.84. The van der Waals surface area contributed by atoms with Crippen molar-refractivity contribution in [3.8, 4) is 0 Å². The number of H-pyrrole nitrogens is 1. The van der Waals surface area contributed by atoms with Gasteiger partial charge in [0.05, 0.1) is 18.8 Å². The number of imidazole rings is 1. The fraction of sp³-hybridized carbons (Fsp3) is 0.273. The van der Waals surface area contributed by atoms with Gasteiger partial charge in [0.15, 0.2) is 0 Å². The average molecular weight is 583 g/mol. The van der Waals surface area contributed by atoms with Crippen LogP contribution >= 0.6 is 0 Å². The smallest absolute Gasteiger partial charge is 0.407 e. The summed E-state index contributed by atoms with van der Waals surface area (Å²) in [6, 6.07) is 26.4. The van der Waals surface area contributed by atoms with Crippen LogP contribution in [0.25, 0.3) is 0 Å². The molecule has 224 valence electrons. The Balaban J connectivity index is 1.46. The Morgan fingerprint density at radius 2 is 1.60 bits per heavy atom. The van der Waals surface area contributed by atoms with Gasteiger partial charge in [0, 0.05) is 42.6 Å². The molecule has 1 heterocycles. The molecule has 0 spiro atoms. The second-order valence-corrected chi connectivity index (χ2v) is 11.0. The van der Waals surface area contributed by atoms with Crippen LogP contribution in [0.1, 0.15) is 42.1 Å². The Labute approximate surface area is 251 Å². The lowest BCUT2D eigenvalue weighted by Crippen LogP contribution is -2.46. The molecule has 10 nitrogen and oxygen atoms in total. The molecule has 3 aromatic carbocycles. The highest BCUT2D eigenvalue weighted by Gasteiger charge is 2.30. The normalized spacial score (nSPS) is 11.8. The van der Waals surface area contributed by atoms with Crippen molar-refractivity contribution in [2.24, 2.45) is 0 Å². The number of nitrogens with two attached hydrogens (primary N) is 1. The number of nitrogen functional groups attached to an aromatic ring is 1. The first kappa shape index (κ1) is 30.8. The van der Waals surface area contributed by atoms with E-state index in [0.717, 1.165) is 16.7 Å². The molecule has 0 aliphatic rings. The van der Waals surface area contributed by atoms with Crippen LogP contribution in [0.3, 0.4) is 0 Å². The summed E-state index contributed by atoms with van der Waals surface area (Å²) in [5, 5.41) is 5.69. The van der Waals surface area contributed by atoms with E-state index in [9.17, 15) is 14.4 Å². The number of amides is 3. The van der Waals surface area contributed by atoms with Gasteiger partial charge in [0.25, 0.3) is 0 Å². The molecule has 1 atom stereocenters. The van der Waals surface area contributed by atoms with Crippen molar-refractivity contribution in [1.82, 2.24) is 25.5 Å². The number of aromatic nitrogens is 2. The summed E-state index contributed by atoms with van der Waals surface area (Å²) >= 11 is 0. The fourth-order valence-electron chi connectivity index (χ4n) is 4.56. The third-order valence-electron chi connectivity index (χ3n) is 7.14. The third kappa shape index (κ3) is 9.19. The summed E-state index contributed by atoms with van der Waals surface area (Å²) in [6.07, 6.45) is 2.34. The second-order valence-electron chi connectivity index (χ2n) is 11.0. The maximum atomic E-state index is 14.0. The predicted octanol–water partition coefficient (Wildman–Crippen LogP) is 4.12. The lowest BCUT2D eigenvalue weighted by Gasteiger charge is -2.29. The molecule has 0 radical (unpaired) electrons. The SMILES string of the molecule is CC(C)(CNC(=O)CN(Cc1ccc(N)cc1)C(=O)[C@@H](CNC(=O)OCc1ccccc1)c1cnc[nH]1)c1ccccc1. The van der Waals surface area contributed by atoms with Crippen molar-refractivity contribution in [3.05, 3.63) is 120 Å². The summed E-state index contributed by atoms with van der Waals surface area (Å²) in [7, 11) is 0. The van der Waals surface area contributed by atoms with E-state index in [1.165, 1.54) is 17.4 Å². The molecule has 0 fully saturated rings. The first-order chi connectivity index (χ1) is 20.7. The minimum absolute atomic E-state index is 0.0600. The van der Waals surface area contributed by atoms with Crippen LogP contribution in [0.5, 0.6) is 0 Å². The van der Waals surface area contributed by atoms with Crippen LogP contribution in [-0.4, -0.2) is 52.4 Å². The molecule has 0 saturated carbocycles. The van der Waals surface area contributed by atoms with Crippen LogP contribution in [0.15, 0.2) is 97.5 Å². The summed E-state index contributed by atoms with van der Waals surface area (Å²) in [6.45, 7) is 4.51. The zero-order chi connectivity index (χ0) is 30.7. The van der Waals surface area contributed by atoms with Gasteiger partial charge in [-0.25, -0.2) is 9.78 Å². The molecule has 0 saturated heterocycles. The van der Waals surface area contributed by atoms with Crippen molar-refractivity contribution in [2.45, 2.75) is 38.3 Å². The monoisotopic (exact) mass is 582 g/mol. The van der Waals surface area contributed by atoms with E-state index in [-0.39, 0.29) is 43.5 Å². The summed E-state index contributed by atoms with van der Waals surface area (Å²) in [4.78, 5) is 48.3. The quantitative estimate of drug-likeness (QED) is 0.175. The largest absolute Gasteiger partial charge is 0.445 e. The first-order valence-corrected chi connectivity index (χ1v) is 14.1. The number of alkyl carbamates (subject to hydrolysis) is 1. The number of nitrogens with zero attached hydrogens (tertiary/aromatic N) is 2. The van der Waals surface area contributed by atoms with Crippen molar-refractivity contribution < 1.29 is 19.1 Å². The van der Waals surface area contributed by atoms with E-state index in [4.69, 9.17) is 10.5 Å². The number of anilines is 1. The second kappa shape index (κ2) is 14.7. The van der Waals surface area contributed by atoms with Gasteiger partial charge in [0.1, 0.15) is 6.61 Å². The van der Waals surface area contributed by atoms with Gasteiger partial charge in [-0.3, -0.25) is 9.59 Å². The summed E-state index contributed by atoms with van der Waals surface area (Å²) < 4.78 is 5.33. The van der Waals surface area contributed by atoms with Crippen molar-refractivity contribution in [1.29, 1.82) is 0 Å². The number of carbonyl (C=O) groups excluding carboxylic acids is 3. The molecule has 0 bridgehead atoms. The Bertz CT molecular complexity index is 1460. The molecule has 0 aliphatic carbocycles. The van der Waals surface area contributed by atoms with Crippen LogP contribution in [0.4, 0.5) is 10.5 Å². The van der Waals surface area contributed by atoms with Gasteiger partial charge >= 0.3 is 6.09 Å². The third-order valence-corrected chi connectivity index (χ3v) is 7.14. The Morgan fingerprint density at radius 3 is 2.26 bits per heavy atom. The Morgan fingerprint density at radius 1 is 0.930 bits per heavy atom. The van der Waals surface area contributed by atoms with Crippen molar-refractivity contribution >= 4 is 23.6 Å². The zero-order valence-electron chi connectivity index (χ0n) is 24.5. The van der Waals surface area contributed by atoms with Crippen LogP contribution in [-0.2, 0) is 32.9 Å². The minimum Gasteiger partial charge on any atom is -0.445 e. The summed E-state index contributed by atoms with van der Waals surface area (Å²) in [5.74, 6) is -1.50. The standard InChI is InChI=1S/C33H38N6O4/c1-33(2,26-11-7-4-8-12-26)22-37-30(40)20-39(19-24-13-15-27(34)16-14-24)31(41)28(29-18-35-23-38-29)17-36-32(42)43-21-25-9-5-3-6-10-25/h3-16,18,23,28H,17,19-22,34H2,1-2H3,(H,35,38)(H,36,42)(H,37,40)/t28-/m0/s1. The number of benzene rings is 3. The van der Waals surface area contributed by atoms with E-state index in [1.54, 1.807) is 12.1 Å². The first-order valence-electron chi connectivity index (χ1n) is 14.1. The van der Waals surface area contributed by atoms with E-state index in [1.807, 2.05) is 72.8 Å². The molecule has 3 amide bonds. The van der Waals surface area contributed by atoms with Gasteiger partial charge < -0.3 is 31.0 Å². The predicted molar refractivity (Wildman–Crippen MR) is 165 cm³/mol. The number of nitrogens with one attached hydrogen (secondary N) is 3. The molecule has 10 heteroatoms. The van der Waals surface area contributed by atoms with Gasteiger partial charge in [-0.2, -0.15) is 0 Å². The van der Waals surface area contributed by atoms with Gasteiger partial charge in [0.2, 0.25) is 11.8 Å². The molecule has 4 rings (SSSR count). The number of rotatable bonds is 13. The van der Waals surface area contributed by atoms with E-state index in [2.05, 4.69) is 34.4 Å². The topological polar surface area (TPSA) is 142 Å². The van der Waals surface area contributed by atoms with E-state index >= 15 is 0 Å². The van der Waals surface area contributed by atoms with Gasteiger partial charge in [-0.1, -0.05) is 86.6 Å². The maximum absolute atomic E-state index is 14.0. The highest BCUT2D eigenvalue weighted by Crippen LogP contribution is 2.22. The highest BCUT2D eigenvalue weighted by molar-refractivity contribution is 5.89. The van der Waals surface area contributed by atoms with Crippen LogP contribution in [0.2, 0.25) is 0 Å². The average Bonchev–Trinajstić information content (AvgIpc) is 3.55. The number of hydrogen-bond acceptors (Lipinski definition) is 6. The van der Waals surface area contributed by atoms with Crippen LogP contribution in [0, 0.1) is 0 Å². The zero-order valence-corrected chi connectivity index (χ0v) is 24.5. The molecular weight excluding hydrogens is 544 g/mol. The van der Waals surface area contributed by atoms with Gasteiger partial charge in [-0.05, 0) is 28.8 Å². The van der Waals surface area contributed by atoms with Crippen molar-refractivity contribution in [2.75, 3.05) is 25.4 Å². The summed E-state index contributed by atoms with van der Waals surface area (Å²) in [5.41, 5.74) is 9.38. The van der Waals surface area contributed by atoms with E-state index < -0.39 is 12.0 Å². The molecule has 5 N–H and O–H groups in total. The number of carbonyl (C=O) groups is 3. The van der Waals surface area contributed by atoms with Crippen molar-refractivity contribution in [3.63, 3.8) is 0 Å². The van der Waals surface area contributed by atoms with E-state index in [0.29, 0.717) is 17.9 Å². The molecule has 4 aromatic rings. The van der Waals surface area contributed by atoms with Gasteiger partial charge in [-0.15, -0.1) is 0 Å². The maximum Gasteiger partial charge on any atom is 0.407 e. The highest BCUT2D eigenvalue weighted by atomic mass is 16.5. The fourth-order valence-corrected chi connectivity index (χ4v) is 4.56. The molecule has 1 aromatic heterocycles. The lowest BCUT2D eigenvalue weighted by molar-refractivity contribution is -0.138. The minimum atomic E-state index is -0.839. The van der Waals surface area contributed by atoms with Crippen LogP contribution < -0.4 is 16.4 Å². The molecular formula is C33H38N6O4. The molecule has 0 aliphatic heterocycles. The number of aromatic amines is 1. The molecule has 43 heavy (non-hydrogen) atoms. The Kier molecular flexibility index (Phi) is 10.5. The molecule has 0 unspecified atom stereocenters. The number of hydrogen-bond donors (Lipinski definition) is 4. The number of ether oxygens (including phenoxy) is 1. The Hall–Kier alpha value is -5.12.